The minimum Gasteiger partial charge on any atom is -0.482 e. The SMILES string of the molecule is CC1CN(Cc2c(-c3ccc4c(c3)NC(=O)CO4)nc3ccc(N)cn23)CC(C)O1. The fourth-order valence-corrected chi connectivity index (χ4v) is 4.35. The number of hydrogen-bond acceptors (Lipinski definition) is 6. The molecule has 1 aromatic carbocycles. The highest BCUT2D eigenvalue weighted by Gasteiger charge is 2.25. The standard InChI is InChI=1S/C22H25N5O3/c1-13-8-26(9-14(2)30-13)11-18-22(25-20-6-4-16(23)10-27(18)20)15-3-5-19-17(7-15)24-21(28)12-29-19/h3-7,10,13-14H,8-9,11-12,23H2,1-2H3,(H,24,28). The monoisotopic (exact) mass is 407 g/mol. The fraction of sp³-hybridized carbons (Fsp3) is 0.364. The van der Waals surface area contributed by atoms with Crippen molar-refractivity contribution in [3.8, 4) is 17.0 Å². The van der Waals surface area contributed by atoms with Crippen molar-refractivity contribution in [3.05, 3.63) is 42.2 Å². The van der Waals surface area contributed by atoms with E-state index in [2.05, 4.69) is 28.5 Å². The van der Waals surface area contributed by atoms with Crippen molar-refractivity contribution < 1.29 is 14.3 Å². The molecule has 30 heavy (non-hydrogen) atoms. The molecule has 1 amide bonds. The zero-order chi connectivity index (χ0) is 20.8. The normalized spacial score (nSPS) is 21.9. The second kappa shape index (κ2) is 7.30. The van der Waals surface area contributed by atoms with Crippen LogP contribution >= 0.6 is 0 Å². The lowest BCUT2D eigenvalue weighted by Crippen LogP contribution is -2.45. The minimum atomic E-state index is -0.154. The molecule has 2 aromatic heterocycles. The zero-order valence-corrected chi connectivity index (χ0v) is 17.1. The largest absolute Gasteiger partial charge is 0.482 e. The number of nitrogens with two attached hydrogens (primary N) is 1. The Bertz CT molecular complexity index is 1120. The van der Waals surface area contributed by atoms with Gasteiger partial charge in [0, 0.05) is 37.1 Å². The van der Waals surface area contributed by atoms with E-state index in [1.807, 2.05) is 36.5 Å². The highest BCUT2D eigenvalue weighted by Crippen LogP contribution is 2.34. The maximum Gasteiger partial charge on any atom is 0.262 e. The summed E-state index contributed by atoms with van der Waals surface area (Å²) < 4.78 is 13.5. The molecule has 2 unspecified atom stereocenters. The number of nitrogen functional groups attached to an aromatic ring is 1. The van der Waals surface area contributed by atoms with Crippen LogP contribution in [0, 0.1) is 0 Å². The molecule has 8 heteroatoms. The van der Waals surface area contributed by atoms with Gasteiger partial charge >= 0.3 is 0 Å². The molecule has 1 saturated heterocycles. The molecular formula is C22H25N5O3. The van der Waals surface area contributed by atoms with Crippen molar-refractivity contribution in [2.24, 2.45) is 0 Å². The quantitative estimate of drug-likeness (QED) is 0.693. The van der Waals surface area contributed by atoms with Crippen molar-refractivity contribution in [1.82, 2.24) is 14.3 Å². The molecule has 1 fully saturated rings. The summed E-state index contributed by atoms with van der Waals surface area (Å²) in [5, 5.41) is 2.88. The van der Waals surface area contributed by atoms with E-state index in [1.54, 1.807) is 0 Å². The summed E-state index contributed by atoms with van der Waals surface area (Å²) in [6, 6.07) is 9.57. The van der Waals surface area contributed by atoms with E-state index in [9.17, 15) is 4.79 Å². The number of imidazole rings is 1. The predicted molar refractivity (Wildman–Crippen MR) is 114 cm³/mol. The Balaban J connectivity index is 1.59. The van der Waals surface area contributed by atoms with Gasteiger partial charge in [0.15, 0.2) is 6.61 Å². The van der Waals surface area contributed by atoms with E-state index in [0.29, 0.717) is 17.1 Å². The Morgan fingerprint density at radius 3 is 2.80 bits per heavy atom. The van der Waals surface area contributed by atoms with Crippen LogP contribution < -0.4 is 15.8 Å². The van der Waals surface area contributed by atoms with Crippen LogP contribution in [0.15, 0.2) is 36.5 Å². The van der Waals surface area contributed by atoms with Gasteiger partial charge in [-0.2, -0.15) is 0 Å². The third-order valence-electron chi connectivity index (χ3n) is 5.49. The molecule has 4 heterocycles. The van der Waals surface area contributed by atoms with Gasteiger partial charge in [-0.1, -0.05) is 0 Å². The predicted octanol–water partition coefficient (Wildman–Crippen LogP) is 2.52. The molecule has 0 radical (unpaired) electrons. The van der Waals surface area contributed by atoms with Crippen LogP contribution in [0.2, 0.25) is 0 Å². The first-order valence-electron chi connectivity index (χ1n) is 10.2. The number of fused-ring (bicyclic) bond motifs is 2. The number of amides is 1. The number of pyridine rings is 1. The lowest BCUT2D eigenvalue weighted by Gasteiger charge is -2.35. The number of benzene rings is 1. The average molecular weight is 407 g/mol. The first-order valence-corrected chi connectivity index (χ1v) is 10.2. The fourth-order valence-electron chi connectivity index (χ4n) is 4.35. The third kappa shape index (κ3) is 3.48. The summed E-state index contributed by atoms with van der Waals surface area (Å²) >= 11 is 0. The topological polar surface area (TPSA) is 94.1 Å². The Kier molecular flexibility index (Phi) is 4.60. The number of ether oxygens (including phenoxy) is 2. The van der Waals surface area contributed by atoms with Crippen LogP contribution in [-0.4, -0.2) is 52.1 Å². The number of aromatic nitrogens is 2. The average Bonchev–Trinajstić information content (AvgIpc) is 3.04. The zero-order valence-electron chi connectivity index (χ0n) is 17.1. The molecule has 8 nitrogen and oxygen atoms in total. The number of rotatable bonds is 3. The van der Waals surface area contributed by atoms with Crippen molar-refractivity contribution in [2.45, 2.75) is 32.6 Å². The van der Waals surface area contributed by atoms with Gasteiger partial charge in [-0.15, -0.1) is 0 Å². The molecule has 0 spiro atoms. The number of nitrogens with zero attached hydrogens (tertiary/aromatic N) is 3. The highest BCUT2D eigenvalue weighted by atomic mass is 16.5. The van der Waals surface area contributed by atoms with Gasteiger partial charge in [0.2, 0.25) is 0 Å². The minimum absolute atomic E-state index is 0.0403. The molecule has 0 saturated carbocycles. The summed E-state index contributed by atoms with van der Waals surface area (Å²) in [6.45, 7) is 6.67. The summed E-state index contributed by atoms with van der Waals surface area (Å²) in [5.74, 6) is 0.516. The number of anilines is 2. The van der Waals surface area contributed by atoms with Crippen molar-refractivity contribution >= 4 is 22.9 Å². The molecule has 156 valence electrons. The molecule has 2 atom stereocenters. The molecule has 2 aliphatic heterocycles. The number of hydrogen-bond donors (Lipinski definition) is 2. The van der Waals surface area contributed by atoms with E-state index in [-0.39, 0.29) is 24.7 Å². The smallest absolute Gasteiger partial charge is 0.262 e. The van der Waals surface area contributed by atoms with E-state index >= 15 is 0 Å². The number of nitrogens with one attached hydrogen (secondary N) is 1. The Hall–Kier alpha value is -3.10. The van der Waals surface area contributed by atoms with E-state index < -0.39 is 0 Å². The number of carbonyl (C=O) groups is 1. The van der Waals surface area contributed by atoms with Crippen molar-refractivity contribution in [2.75, 3.05) is 30.7 Å². The van der Waals surface area contributed by atoms with E-state index in [4.69, 9.17) is 20.2 Å². The molecule has 0 bridgehead atoms. The second-order valence-corrected chi connectivity index (χ2v) is 8.10. The van der Waals surface area contributed by atoms with Crippen LogP contribution in [0.1, 0.15) is 19.5 Å². The van der Waals surface area contributed by atoms with Crippen LogP contribution in [0.5, 0.6) is 5.75 Å². The molecule has 0 aliphatic carbocycles. The lowest BCUT2D eigenvalue weighted by molar-refractivity contribution is -0.118. The van der Waals surface area contributed by atoms with Gasteiger partial charge < -0.3 is 24.9 Å². The van der Waals surface area contributed by atoms with E-state index in [0.717, 1.165) is 42.2 Å². The lowest BCUT2D eigenvalue weighted by atomic mass is 10.1. The van der Waals surface area contributed by atoms with Crippen LogP contribution in [0.4, 0.5) is 11.4 Å². The summed E-state index contributed by atoms with van der Waals surface area (Å²) in [6.07, 6.45) is 2.27. The Morgan fingerprint density at radius 1 is 1.20 bits per heavy atom. The maximum atomic E-state index is 11.8. The van der Waals surface area contributed by atoms with Gasteiger partial charge in [-0.05, 0) is 44.2 Å². The van der Waals surface area contributed by atoms with Gasteiger partial charge in [-0.25, -0.2) is 4.98 Å². The van der Waals surface area contributed by atoms with Gasteiger partial charge in [0.05, 0.1) is 29.3 Å². The molecule has 2 aliphatic rings. The van der Waals surface area contributed by atoms with Crippen molar-refractivity contribution in [3.63, 3.8) is 0 Å². The molecule has 3 aromatic rings. The van der Waals surface area contributed by atoms with Crippen molar-refractivity contribution in [1.29, 1.82) is 0 Å². The van der Waals surface area contributed by atoms with Gasteiger partial charge in [-0.3, -0.25) is 9.69 Å². The second-order valence-electron chi connectivity index (χ2n) is 8.10. The first kappa shape index (κ1) is 18.9. The van der Waals surface area contributed by atoms with Crippen LogP contribution in [0.25, 0.3) is 16.9 Å². The summed E-state index contributed by atoms with van der Waals surface area (Å²) in [7, 11) is 0. The Labute approximate surface area is 174 Å². The van der Waals surface area contributed by atoms with Gasteiger partial charge in [0.1, 0.15) is 11.4 Å². The Morgan fingerprint density at radius 2 is 2.00 bits per heavy atom. The highest BCUT2D eigenvalue weighted by molar-refractivity contribution is 5.96. The summed E-state index contributed by atoms with van der Waals surface area (Å²) in [4.78, 5) is 19.0. The number of morpholine rings is 1. The number of carbonyl (C=O) groups excluding carboxylic acids is 1. The first-order chi connectivity index (χ1) is 14.5. The van der Waals surface area contributed by atoms with Gasteiger partial charge in [0.25, 0.3) is 5.91 Å². The molecule has 3 N–H and O–H groups in total. The molecular weight excluding hydrogens is 382 g/mol. The molecule has 5 rings (SSSR count). The maximum absolute atomic E-state index is 11.8. The third-order valence-corrected chi connectivity index (χ3v) is 5.49. The van der Waals surface area contributed by atoms with Crippen LogP contribution in [-0.2, 0) is 16.1 Å². The summed E-state index contributed by atoms with van der Waals surface area (Å²) in [5.41, 5.74) is 11.1. The van der Waals surface area contributed by atoms with E-state index in [1.165, 1.54) is 0 Å². The van der Waals surface area contributed by atoms with Crippen LogP contribution in [0.3, 0.4) is 0 Å².